The van der Waals surface area contributed by atoms with Crippen molar-refractivity contribution < 1.29 is 4.52 Å². The van der Waals surface area contributed by atoms with Gasteiger partial charge in [-0.2, -0.15) is 4.98 Å². The summed E-state index contributed by atoms with van der Waals surface area (Å²) in [6.07, 6.45) is 7.01. The summed E-state index contributed by atoms with van der Waals surface area (Å²) in [5.74, 6) is 2.12. The van der Waals surface area contributed by atoms with Crippen molar-refractivity contribution in [3.05, 3.63) is 41.8 Å². The topological polar surface area (TPSA) is 55.1 Å². The first-order valence-corrected chi connectivity index (χ1v) is 7.29. The highest BCUT2D eigenvalue weighted by Crippen LogP contribution is 2.26. The molecular weight excluding hydrogens is 252 g/mol. The number of rotatable bonds is 4. The van der Waals surface area contributed by atoms with Crippen molar-refractivity contribution in [2.75, 3.05) is 13.1 Å². The zero-order valence-corrected chi connectivity index (χ0v) is 11.8. The Kier molecular flexibility index (Phi) is 4.06. The van der Waals surface area contributed by atoms with Crippen LogP contribution in [0.5, 0.6) is 0 Å². The summed E-state index contributed by atoms with van der Waals surface area (Å²) >= 11 is 0. The maximum absolute atomic E-state index is 5.17. The van der Waals surface area contributed by atoms with Crippen LogP contribution in [0, 0.1) is 0 Å². The molecule has 0 aromatic carbocycles. The fourth-order valence-electron chi connectivity index (χ4n) is 2.80. The molecule has 1 aliphatic heterocycles. The number of piperidine rings is 1. The molecule has 0 N–H and O–H groups in total. The van der Waals surface area contributed by atoms with Crippen molar-refractivity contribution in [1.29, 1.82) is 0 Å². The predicted molar refractivity (Wildman–Crippen MR) is 75.2 cm³/mol. The van der Waals surface area contributed by atoms with Crippen LogP contribution in [0.25, 0.3) is 0 Å². The van der Waals surface area contributed by atoms with Crippen LogP contribution in [0.3, 0.4) is 0 Å². The lowest BCUT2D eigenvalue weighted by Gasteiger charge is -2.32. The van der Waals surface area contributed by atoms with E-state index in [1.165, 1.54) is 18.4 Å². The van der Waals surface area contributed by atoms with E-state index >= 15 is 0 Å². The third kappa shape index (κ3) is 3.04. The summed E-state index contributed by atoms with van der Waals surface area (Å²) < 4.78 is 5.17. The highest BCUT2D eigenvalue weighted by atomic mass is 16.5. The van der Waals surface area contributed by atoms with Gasteiger partial charge in [-0.25, -0.2) is 0 Å². The first kappa shape index (κ1) is 13.2. The van der Waals surface area contributed by atoms with E-state index in [-0.39, 0.29) is 0 Å². The number of aryl methyl sites for hydroxylation is 1. The van der Waals surface area contributed by atoms with E-state index in [1.807, 2.05) is 19.3 Å². The summed E-state index contributed by atoms with van der Waals surface area (Å²) in [5, 5.41) is 4.04. The fourth-order valence-corrected chi connectivity index (χ4v) is 2.80. The first-order valence-electron chi connectivity index (χ1n) is 7.29. The van der Waals surface area contributed by atoms with Gasteiger partial charge in [-0.3, -0.25) is 9.88 Å². The molecule has 0 radical (unpaired) electrons. The van der Waals surface area contributed by atoms with E-state index < -0.39 is 0 Å². The number of pyridine rings is 1. The molecule has 2 aromatic heterocycles. The number of aromatic nitrogens is 3. The molecule has 3 heterocycles. The van der Waals surface area contributed by atoms with Crippen molar-refractivity contribution >= 4 is 0 Å². The minimum Gasteiger partial charge on any atom is -0.339 e. The van der Waals surface area contributed by atoms with Crippen LogP contribution in [0.4, 0.5) is 0 Å². The third-order valence-electron chi connectivity index (χ3n) is 3.86. The molecule has 1 saturated heterocycles. The Hall–Kier alpha value is -1.75. The SMILES string of the molecule is CCc1nc(CN2CCCC(c3ccncc3)C2)no1. The van der Waals surface area contributed by atoms with Crippen LogP contribution in [0.1, 0.15) is 43.0 Å². The molecule has 0 amide bonds. The summed E-state index contributed by atoms with van der Waals surface area (Å²) in [7, 11) is 0. The van der Waals surface area contributed by atoms with Gasteiger partial charge in [0, 0.05) is 25.4 Å². The molecule has 0 spiro atoms. The average Bonchev–Trinajstić information content (AvgIpc) is 2.96. The Balaban J connectivity index is 1.63. The molecule has 5 heteroatoms. The maximum atomic E-state index is 5.17. The Labute approximate surface area is 119 Å². The minimum absolute atomic E-state index is 0.587. The zero-order chi connectivity index (χ0) is 13.8. The molecule has 1 fully saturated rings. The normalized spacial score (nSPS) is 20.1. The number of hydrogen-bond acceptors (Lipinski definition) is 5. The summed E-state index contributed by atoms with van der Waals surface area (Å²) in [6, 6.07) is 4.25. The summed E-state index contributed by atoms with van der Waals surface area (Å²) in [6.45, 7) is 4.97. The van der Waals surface area contributed by atoms with Crippen molar-refractivity contribution in [3.8, 4) is 0 Å². The van der Waals surface area contributed by atoms with Gasteiger partial charge in [-0.15, -0.1) is 0 Å². The number of likely N-dealkylation sites (tertiary alicyclic amines) is 1. The molecule has 5 nitrogen and oxygen atoms in total. The first-order chi connectivity index (χ1) is 9.85. The van der Waals surface area contributed by atoms with Gasteiger partial charge in [0.15, 0.2) is 5.82 Å². The molecule has 1 unspecified atom stereocenters. The van der Waals surface area contributed by atoms with Gasteiger partial charge in [0.05, 0.1) is 6.54 Å². The van der Waals surface area contributed by atoms with E-state index in [9.17, 15) is 0 Å². The Morgan fingerprint density at radius 2 is 2.20 bits per heavy atom. The van der Waals surface area contributed by atoms with Crippen LogP contribution >= 0.6 is 0 Å². The zero-order valence-electron chi connectivity index (χ0n) is 11.8. The third-order valence-corrected chi connectivity index (χ3v) is 3.86. The van der Waals surface area contributed by atoms with Crippen LogP contribution in [0.15, 0.2) is 29.0 Å². The quantitative estimate of drug-likeness (QED) is 0.855. The minimum atomic E-state index is 0.587. The number of nitrogens with zero attached hydrogens (tertiary/aromatic N) is 4. The van der Waals surface area contributed by atoms with Gasteiger partial charge in [-0.05, 0) is 43.0 Å². The second-order valence-corrected chi connectivity index (χ2v) is 5.31. The van der Waals surface area contributed by atoms with Crippen molar-refractivity contribution in [2.24, 2.45) is 0 Å². The van der Waals surface area contributed by atoms with E-state index in [1.54, 1.807) is 0 Å². The van der Waals surface area contributed by atoms with Gasteiger partial charge < -0.3 is 4.52 Å². The molecular formula is C15H20N4O. The lowest BCUT2D eigenvalue weighted by molar-refractivity contribution is 0.193. The lowest BCUT2D eigenvalue weighted by atomic mass is 9.91. The van der Waals surface area contributed by atoms with Crippen LogP contribution in [0.2, 0.25) is 0 Å². The standard InChI is InChI=1S/C15H20N4O/c1-2-15-17-14(18-20-15)11-19-9-3-4-13(10-19)12-5-7-16-8-6-12/h5-8,13H,2-4,9-11H2,1H3. The lowest BCUT2D eigenvalue weighted by Crippen LogP contribution is -2.34. The van der Waals surface area contributed by atoms with Crippen LogP contribution in [-0.2, 0) is 13.0 Å². The molecule has 106 valence electrons. The van der Waals surface area contributed by atoms with Crippen molar-refractivity contribution in [1.82, 2.24) is 20.0 Å². The summed E-state index contributed by atoms with van der Waals surface area (Å²) in [5.41, 5.74) is 1.38. The number of hydrogen-bond donors (Lipinski definition) is 0. The van der Waals surface area contributed by atoms with Gasteiger partial charge in [0.25, 0.3) is 0 Å². The Morgan fingerprint density at radius 1 is 1.35 bits per heavy atom. The van der Waals surface area contributed by atoms with Gasteiger partial charge >= 0.3 is 0 Å². The second kappa shape index (κ2) is 6.13. The van der Waals surface area contributed by atoms with Crippen molar-refractivity contribution in [2.45, 2.75) is 38.6 Å². The average molecular weight is 272 g/mol. The fraction of sp³-hybridized carbons (Fsp3) is 0.533. The Morgan fingerprint density at radius 3 is 2.95 bits per heavy atom. The van der Waals surface area contributed by atoms with Crippen LogP contribution < -0.4 is 0 Å². The van der Waals surface area contributed by atoms with E-state index in [2.05, 4.69) is 32.2 Å². The van der Waals surface area contributed by atoms with E-state index in [0.717, 1.165) is 37.8 Å². The molecule has 0 saturated carbocycles. The van der Waals surface area contributed by atoms with E-state index in [4.69, 9.17) is 4.52 Å². The smallest absolute Gasteiger partial charge is 0.226 e. The molecule has 1 aliphatic rings. The Bertz CT molecular complexity index is 540. The van der Waals surface area contributed by atoms with Gasteiger partial charge in [-0.1, -0.05) is 12.1 Å². The second-order valence-electron chi connectivity index (χ2n) is 5.31. The highest BCUT2D eigenvalue weighted by Gasteiger charge is 2.22. The predicted octanol–water partition coefficient (Wildman–Crippen LogP) is 2.41. The monoisotopic (exact) mass is 272 g/mol. The van der Waals surface area contributed by atoms with E-state index in [0.29, 0.717) is 5.92 Å². The highest BCUT2D eigenvalue weighted by molar-refractivity contribution is 5.17. The molecule has 0 aliphatic carbocycles. The molecule has 0 bridgehead atoms. The van der Waals surface area contributed by atoms with Gasteiger partial charge in [0.2, 0.25) is 5.89 Å². The molecule has 3 rings (SSSR count). The molecule has 1 atom stereocenters. The largest absolute Gasteiger partial charge is 0.339 e. The molecule has 2 aromatic rings. The van der Waals surface area contributed by atoms with Gasteiger partial charge in [0.1, 0.15) is 0 Å². The molecule has 20 heavy (non-hydrogen) atoms. The summed E-state index contributed by atoms with van der Waals surface area (Å²) in [4.78, 5) is 10.9. The maximum Gasteiger partial charge on any atom is 0.226 e. The van der Waals surface area contributed by atoms with Crippen LogP contribution in [-0.4, -0.2) is 33.1 Å². The van der Waals surface area contributed by atoms with Crippen molar-refractivity contribution in [3.63, 3.8) is 0 Å².